The van der Waals surface area contributed by atoms with Gasteiger partial charge in [0, 0.05) is 29.9 Å². The first-order chi connectivity index (χ1) is 14.1. The van der Waals surface area contributed by atoms with Gasteiger partial charge in [0.25, 0.3) is 5.91 Å². The molecule has 4 aromatic rings. The molecule has 0 aliphatic heterocycles. The number of hydrogen-bond acceptors (Lipinski definition) is 5. The third kappa shape index (κ3) is 4.02. The number of carbonyl (C=O) groups excluding carboxylic acids is 1. The second-order valence-corrected chi connectivity index (χ2v) is 7.01. The third-order valence-electron chi connectivity index (χ3n) is 4.89. The Balaban J connectivity index is 1.66. The van der Waals surface area contributed by atoms with Crippen molar-refractivity contribution in [1.29, 1.82) is 0 Å². The molecule has 0 saturated carbocycles. The van der Waals surface area contributed by atoms with Crippen LogP contribution in [0.4, 0.5) is 0 Å². The predicted molar refractivity (Wildman–Crippen MR) is 112 cm³/mol. The van der Waals surface area contributed by atoms with Gasteiger partial charge in [0.05, 0.1) is 29.1 Å². The molecule has 0 fully saturated rings. The van der Waals surface area contributed by atoms with Crippen LogP contribution in [0.2, 0.25) is 0 Å². The minimum Gasteiger partial charge on any atom is -0.468 e. The molecule has 6 heteroatoms. The summed E-state index contributed by atoms with van der Waals surface area (Å²) >= 11 is 0. The monoisotopic (exact) mass is 386 g/mol. The van der Waals surface area contributed by atoms with Crippen LogP contribution in [-0.2, 0) is 0 Å². The summed E-state index contributed by atoms with van der Waals surface area (Å²) in [5.74, 6) is 0.671. The minimum atomic E-state index is -0.141. The lowest BCUT2D eigenvalue weighted by Gasteiger charge is -2.22. The maximum absolute atomic E-state index is 13.1. The van der Waals surface area contributed by atoms with E-state index in [4.69, 9.17) is 9.40 Å². The molecule has 0 aliphatic rings. The summed E-state index contributed by atoms with van der Waals surface area (Å²) in [6.45, 7) is 0.431. The average Bonchev–Trinajstić information content (AvgIpc) is 3.28. The lowest BCUT2D eigenvalue weighted by molar-refractivity contribution is 0.0940. The quantitative estimate of drug-likeness (QED) is 0.544. The Morgan fingerprint density at radius 2 is 1.90 bits per heavy atom. The van der Waals surface area contributed by atoms with Gasteiger partial charge in [0.1, 0.15) is 5.76 Å². The molecular weight excluding hydrogens is 364 g/mol. The summed E-state index contributed by atoms with van der Waals surface area (Å²) in [4.78, 5) is 23.9. The van der Waals surface area contributed by atoms with Gasteiger partial charge >= 0.3 is 0 Å². The number of furan rings is 1. The molecule has 0 unspecified atom stereocenters. The van der Waals surface area contributed by atoms with Gasteiger partial charge in [-0.15, -0.1) is 0 Å². The van der Waals surface area contributed by atoms with Crippen LogP contribution in [0.15, 0.2) is 77.7 Å². The lowest BCUT2D eigenvalue weighted by Crippen LogP contribution is -2.34. The predicted octanol–water partition coefficient (Wildman–Crippen LogP) is 3.92. The van der Waals surface area contributed by atoms with Gasteiger partial charge in [-0.25, -0.2) is 4.98 Å². The van der Waals surface area contributed by atoms with Crippen LogP contribution in [0.1, 0.15) is 22.2 Å². The highest BCUT2D eigenvalue weighted by Crippen LogP contribution is 2.25. The van der Waals surface area contributed by atoms with Gasteiger partial charge < -0.3 is 9.73 Å². The van der Waals surface area contributed by atoms with Crippen molar-refractivity contribution in [2.24, 2.45) is 0 Å². The van der Waals surface area contributed by atoms with E-state index >= 15 is 0 Å². The van der Waals surface area contributed by atoms with Gasteiger partial charge in [-0.1, -0.05) is 18.2 Å². The Hall–Kier alpha value is -3.51. The Morgan fingerprint density at radius 3 is 2.62 bits per heavy atom. The number of nitrogens with one attached hydrogen (secondary N) is 1. The zero-order chi connectivity index (χ0) is 20.2. The number of fused-ring (bicyclic) bond motifs is 1. The van der Waals surface area contributed by atoms with Crippen molar-refractivity contribution < 1.29 is 9.21 Å². The molecular formula is C23H22N4O2. The number of nitrogens with zero attached hydrogens (tertiary/aromatic N) is 3. The molecule has 3 aromatic heterocycles. The van der Waals surface area contributed by atoms with E-state index in [-0.39, 0.29) is 11.9 Å². The number of pyridine rings is 2. The zero-order valence-corrected chi connectivity index (χ0v) is 16.4. The van der Waals surface area contributed by atoms with E-state index in [0.717, 1.165) is 27.9 Å². The zero-order valence-electron chi connectivity index (χ0n) is 16.4. The summed E-state index contributed by atoms with van der Waals surface area (Å²) in [6.07, 6.45) is 5.08. The van der Waals surface area contributed by atoms with Crippen LogP contribution in [0.25, 0.3) is 22.2 Å². The Morgan fingerprint density at radius 1 is 1.10 bits per heavy atom. The molecule has 1 atom stereocenters. The maximum Gasteiger partial charge on any atom is 0.252 e. The molecule has 0 aliphatic carbocycles. The first-order valence-corrected chi connectivity index (χ1v) is 9.41. The van der Waals surface area contributed by atoms with Crippen molar-refractivity contribution in [2.45, 2.75) is 6.04 Å². The highest BCUT2D eigenvalue weighted by molar-refractivity contribution is 6.07. The van der Waals surface area contributed by atoms with Crippen molar-refractivity contribution in [2.75, 3.05) is 20.6 Å². The number of rotatable bonds is 6. The number of para-hydroxylation sites is 1. The second-order valence-electron chi connectivity index (χ2n) is 7.01. The van der Waals surface area contributed by atoms with E-state index in [9.17, 15) is 4.79 Å². The normalized spacial score (nSPS) is 12.2. The molecule has 1 N–H and O–H groups in total. The average molecular weight is 386 g/mol. The van der Waals surface area contributed by atoms with E-state index in [2.05, 4.69) is 10.3 Å². The summed E-state index contributed by atoms with van der Waals surface area (Å²) in [5, 5.41) is 3.88. The molecule has 4 rings (SSSR count). The fourth-order valence-electron chi connectivity index (χ4n) is 3.34. The fourth-order valence-corrected chi connectivity index (χ4v) is 3.34. The van der Waals surface area contributed by atoms with Gasteiger partial charge in [-0.05, 0) is 50.5 Å². The van der Waals surface area contributed by atoms with Crippen molar-refractivity contribution in [1.82, 2.24) is 20.2 Å². The van der Waals surface area contributed by atoms with Crippen molar-refractivity contribution in [3.63, 3.8) is 0 Å². The van der Waals surface area contributed by atoms with Crippen molar-refractivity contribution >= 4 is 16.8 Å². The summed E-state index contributed by atoms with van der Waals surface area (Å²) in [5.41, 5.74) is 3.04. The van der Waals surface area contributed by atoms with Crippen LogP contribution in [0.5, 0.6) is 0 Å². The SMILES string of the molecule is CN(C)[C@H](CNC(=O)c1cc(-c2ccncc2)nc2ccccc12)c1ccco1. The summed E-state index contributed by atoms with van der Waals surface area (Å²) in [7, 11) is 3.92. The first-order valence-electron chi connectivity index (χ1n) is 9.41. The molecule has 1 aromatic carbocycles. The van der Waals surface area contributed by atoms with E-state index in [0.29, 0.717) is 12.1 Å². The molecule has 29 heavy (non-hydrogen) atoms. The number of likely N-dealkylation sites (N-methyl/N-ethyl adjacent to an activating group) is 1. The number of hydrogen-bond donors (Lipinski definition) is 1. The standard InChI is InChI=1S/C23H22N4O2/c1-27(2)21(22-8-5-13-29-22)15-25-23(28)18-14-20(16-9-11-24-12-10-16)26-19-7-4-3-6-17(18)19/h3-14,21H,15H2,1-2H3,(H,25,28)/t21-/m1/s1. The van der Waals surface area contributed by atoms with Crippen LogP contribution < -0.4 is 5.32 Å². The second kappa shape index (κ2) is 8.24. The molecule has 3 heterocycles. The third-order valence-corrected chi connectivity index (χ3v) is 4.89. The fraction of sp³-hybridized carbons (Fsp3) is 0.174. The molecule has 0 spiro atoms. The van der Waals surface area contributed by atoms with E-state index < -0.39 is 0 Å². The van der Waals surface area contributed by atoms with Crippen molar-refractivity contribution in [3.8, 4) is 11.3 Å². The van der Waals surface area contributed by atoms with E-state index in [1.54, 1.807) is 18.7 Å². The molecule has 0 bridgehead atoms. The smallest absolute Gasteiger partial charge is 0.252 e. The van der Waals surface area contributed by atoms with E-state index in [1.165, 1.54) is 0 Å². The molecule has 1 amide bonds. The number of amides is 1. The summed E-state index contributed by atoms with van der Waals surface area (Å²) < 4.78 is 5.53. The molecule has 146 valence electrons. The minimum absolute atomic E-state index is 0.0540. The Bertz CT molecular complexity index is 1110. The van der Waals surface area contributed by atoms with Gasteiger partial charge in [-0.2, -0.15) is 0 Å². The van der Waals surface area contributed by atoms with Crippen molar-refractivity contribution in [3.05, 3.63) is 84.6 Å². The van der Waals surface area contributed by atoms with Gasteiger partial charge in [0.15, 0.2) is 0 Å². The highest BCUT2D eigenvalue weighted by atomic mass is 16.3. The number of carbonyl (C=O) groups is 1. The van der Waals surface area contributed by atoms with E-state index in [1.807, 2.05) is 73.6 Å². The number of benzene rings is 1. The summed E-state index contributed by atoms with van der Waals surface area (Å²) in [6, 6.07) is 17.0. The highest BCUT2D eigenvalue weighted by Gasteiger charge is 2.20. The van der Waals surface area contributed by atoms with Crippen LogP contribution in [-0.4, -0.2) is 41.4 Å². The Kier molecular flexibility index (Phi) is 5.35. The van der Waals surface area contributed by atoms with Crippen LogP contribution in [0, 0.1) is 0 Å². The van der Waals surface area contributed by atoms with Gasteiger partial charge in [-0.3, -0.25) is 14.7 Å². The Labute approximate surface area is 169 Å². The molecule has 0 radical (unpaired) electrons. The molecule has 6 nitrogen and oxygen atoms in total. The first kappa shape index (κ1) is 18.8. The van der Waals surface area contributed by atoms with Crippen LogP contribution >= 0.6 is 0 Å². The maximum atomic E-state index is 13.1. The topological polar surface area (TPSA) is 71.3 Å². The molecule has 0 saturated heterocycles. The van der Waals surface area contributed by atoms with Gasteiger partial charge in [0.2, 0.25) is 0 Å². The number of aromatic nitrogens is 2. The van der Waals surface area contributed by atoms with Crippen LogP contribution in [0.3, 0.4) is 0 Å². The lowest BCUT2D eigenvalue weighted by atomic mass is 10.0. The largest absolute Gasteiger partial charge is 0.468 e.